The largest absolute Gasteiger partial charge is 0.316 e. The van der Waals surface area contributed by atoms with Crippen LogP contribution in [0.4, 0.5) is 4.39 Å². The molecular formula is C14H21FN2O2S2. The van der Waals surface area contributed by atoms with Crippen LogP contribution in [0.5, 0.6) is 0 Å². The first-order chi connectivity index (χ1) is 9.87. The van der Waals surface area contributed by atoms with Crippen molar-refractivity contribution in [1.29, 1.82) is 0 Å². The van der Waals surface area contributed by atoms with Crippen LogP contribution in [0.2, 0.25) is 0 Å². The lowest BCUT2D eigenvalue weighted by atomic mass is 10.2. The number of thioether (sulfide) groups is 1. The molecule has 1 saturated heterocycles. The molecule has 1 fully saturated rings. The molecule has 1 aromatic carbocycles. The van der Waals surface area contributed by atoms with E-state index in [4.69, 9.17) is 0 Å². The molecular weight excluding hydrogens is 311 g/mol. The first-order valence-corrected chi connectivity index (χ1v) is 9.43. The molecule has 2 rings (SSSR count). The first-order valence-electron chi connectivity index (χ1n) is 6.94. The average Bonchev–Trinajstić information content (AvgIpc) is 2.44. The summed E-state index contributed by atoms with van der Waals surface area (Å²) in [5.74, 6) is 0.0516. The molecule has 0 bridgehead atoms. The Hall–Kier alpha value is -0.630. The molecule has 0 amide bonds. The van der Waals surface area contributed by atoms with Crippen molar-refractivity contribution in [3.8, 4) is 0 Å². The summed E-state index contributed by atoms with van der Waals surface area (Å²) in [7, 11) is -2.03. The van der Waals surface area contributed by atoms with Crippen molar-refractivity contribution in [2.45, 2.75) is 36.6 Å². The number of hydrogen-bond acceptors (Lipinski definition) is 4. The Kier molecular flexibility index (Phi) is 5.29. The van der Waals surface area contributed by atoms with Gasteiger partial charge in [0.05, 0.1) is 0 Å². The van der Waals surface area contributed by atoms with Gasteiger partial charge in [0.25, 0.3) is 0 Å². The summed E-state index contributed by atoms with van der Waals surface area (Å²) in [6, 6.07) is 4.12. The van der Waals surface area contributed by atoms with E-state index in [9.17, 15) is 12.8 Å². The van der Waals surface area contributed by atoms with Gasteiger partial charge in [-0.2, -0.15) is 16.1 Å². The molecule has 1 heterocycles. The molecule has 1 N–H and O–H groups in total. The highest BCUT2D eigenvalue weighted by Gasteiger charge is 2.36. The minimum atomic E-state index is -3.80. The van der Waals surface area contributed by atoms with Crippen LogP contribution in [0, 0.1) is 5.82 Å². The van der Waals surface area contributed by atoms with Crippen LogP contribution >= 0.6 is 11.8 Å². The molecule has 0 aromatic heterocycles. The van der Waals surface area contributed by atoms with E-state index in [1.54, 1.807) is 24.9 Å². The van der Waals surface area contributed by atoms with Gasteiger partial charge in [0.2, 0.25) is 10.0 Å². The van der Waals surface area contributed by atoms with Crippen molar-refractivity contribution < 1.29 is 12.8 Å². The Bertz CT molecular complexity index is 607. The van der Waals surface area contributed by atoms with E-state index in [2.05, 4.69) is 5.32 Å². The van der Waals surface area contributed by atoms with Gasteiger partial charge < -0.3 is 5.32 Å². The highest BCUT2D eigenvalue weighted by molar-refractivity contribution is 8.00. The van der Waals surface area contributed by atoms with Gasteiger partial charge in [0.1, 0.15) is 10.7 Å². The monoisotopic (exact) mass is 332 g/mol. The van der Waals surface area contributed by atoms with E-state index >= 15 is 0 Å². The SMILES string of the molecule is CNCc1ccc(F)c(S(=O)(=O)N2CCSC(C)C2C)c1. The van der Waals surface area contributed by atoms with E-state index in [1.165, 1.54) is 16.4 Å². The van der Waals surface area contributed by atoms with Gasteiger partial charge in [-0.3, -0.25) is 0 Å². The fourth-order valence-corrected chi connectivity index (χ4v) is 5.54. The molecule has 21 heavy (non-hydrogen) atoms. The average molecular weight is 332 g/mol. The fourth-order valence-electron chi connectivity index (χ4n) is 2.43. The summed E-state index contributed by atoms with van der Waals surface area (Å²) >= 11 is 1.75. The Labute approximate surface area is 130 Å². The summed E-state index contributed by atoms with van der Waals surface area (Å²) in [5, 5.41) is 3.15. The third-order valence-electron chi connectivity index (χ3n) is 3.79. The molecule has 4 nitrogen and oxygen atoms in total. The smallest absolute Gasteiger partial charge is 0.246 e. The number of hydrogen-bond donors (Lipinski definition) is 1. The summed E-state index contributed by atoms with van der Waals surface area (Å²) in [5.41, 5.74) is 0.754. The second-order valence-electron chi connectivity index (χ2n) is 5.23. The molecule has 7 heteroatoms. The second kappa shape index (κ2) is 6.64. The van der Waals surface area contributed by atoms with Crippen molar-refractivity contribution >= 4 is 21.8 Å². The molecule has 118 valence electrons. The second-order valence-corrected chi connectivity index (χ2v) is 8.57. The van der Waals surface area contributed by atoms with Gasteiger partial charge in [0, 0.05) is 30.1 Å². The van der Waals surface area contributed by atoms with Crippen molar-refractivity contribution in [1.82, 2.24) is 9.62 Å². The quantitative estimate of drug-likeness (QED) is 0.917. The van der Waals surface area contributed by atoms with Crippen molar-refractivity contribution in [3.63, 3.8) is 0 Å². The molecule has 0 spiro atoms. The maximum Gasteiger partial charge on any atom is 0.246 e. The predicted molar refractivity (Wildman–Crippen MR) is 84.4 cm³/mol. The maximum atomic E-state index is 14.1. The summed E-state index contributed by atoms with van der Waals surface area (Å²) in [4.78, 5) is -0.221. The van der Waals surface area contributed by atoms with Gasteiger partial charge in [-0.1, -0.05) is 13.0 Å². The van der Waals surface area contributed by atoms with Gasteiger partial charge in [-0.15, -0.1) is 0 Å². The van der Waals surface area contributed by atoms with E-state index in [0.29, 0.717) is 13.1 Å². The van der Waals surface area contributed by atoms with Gasteiger partial charge in [-0.05, 0) is 31.7 Å². The Morgan fingerprint density at radius 2 is 2.14 bits per heavy atom. The Morgan fingerprint density at radius 1 is 1.43 bits per heavy atom. The predicted octanol–water partition coefficient (Wildman–Crippen LogP) is 2.06. The molecule has 0 aliphatic carbocycles. The number of nitrogens with one attached hydrogen (secondary N) is 1. The zero-order chi connectivity index (χ0) is 15.6. The maximum absolute atomic E-state index is 14.1. The summed E-state index contributed by atoms with van der Waals surface area (Å²) in [6.07, 6.45) is 0. The number of sulfonamides is 1. The number of rotatable bonds is 4. The number of benzene rings is 1. The van der Waals surface area contributed by atoms with Crippen LogP contribution < -0.4 is 5.32 Å². The first kappa shape index (κ1) is 16.7. The third-order valence-corrected chi connectivity index (χ3v) is 7.13. The Morgan fingerprint density at radius 3 is 2.81 bits per heavy atom. The van der Waals surface area contributed by atoms with E-state index in [-0.39, 0.29) is 16.2 Å². The molecule has 1 aromatic rings. The zero-order valence-corrected chi connectivity index (χ0v) is 14.1. The topological polar surface area (TPSA) is 49.4 Å². The van der Waals surface area contributed by atoms with Gasteiger partial charge in [0.15, 0.2) is 0 Å². The lowest BCUT2D eigenvalue weighted by Crippen LogP contribution is -2.48. The summed E-state index contributed by atoms with van der Waals surface area (Å²) in [6.45, 7) is 4.81. The van der Waals surface area contributed by atoms with Crippen molar-refractivity contribution in [2.75, 3.05) is 19.3 Å². The van der Waals surface area contributed by atoms with Crippen LogP contribution in [0.1, 0.15) is 19.4 Å². The highest BCUT2D eigenvalue weighted by atomic mass is 32.2. The highest BCUT2D eigenvalue weighted by Crippen LogP contribution is 2.30. The summed E-state index contributed by atoms with van der Waals surface area (Å²) < 4.78 is 41.0. The normalized spacial score (nSPS) is 24.2. The molecule has 0 radical (unpaired) electrons. The molecule has 1 aliphatic rings. The zero-order valence-electron chi connectivity index (χ0n) is 12.5. The molecule has 1 aliphatic heterocycles. The van der Waals surface area contributed by atoms with Crippen LogP contribution in [-0.4, -0.2) is 43.4 Å². The standard InChI is InChI=1S/C14H21FN2O2S2/c1-10-11(2)20-7-6-17(10)21(18,19)14-8-12(9-16-3)4-5-13(14)15/h4-5,8,10-11,16H,6-7,9H2,1-3H3. The van der Waals surface area contributed by atoms with E-state index < -0.39 is 15.8 Å². The van der Waals surface area contributed by atoms with E-state index in [0.717, 1.165) is 11.3 Å². The van der Waals surface area contributed by atoms with Crippen LogP contribution in [0.25, 0.3) is 0 Å². The number of nitrogens with zero attached hydrogens (tertiary/aromatic N) is 1. The van der Waals surface area contributed by atoms with Crippen LogP contribution in [-0.2, 0) is 16.6 Å². The fraction of sp³-hybridized carbons (Fsp3) is 0.571. The van der Waals surface area contributed by atoms with Gasteiger partial charge >= 0.3 is 0 Å². The number of halogens is 1. The molecule has 0 saturated carbocycles. The van der Waals surface area contributed by atoms with E-state index in [1.807, 2.05) is 13.8 Å². The van der Waals surface area contributed by atoms with Crippen LogP contribution in [0.15, 0.2) is 23.1 Å². The lowest BCUT2D eigenvalue weighted by Gasteiger charge is -2.36. The van der Waals surface area contributed by atoms with Crippen LogP contribution in [0.3, 0.4) is 0 Å². The minimum absolute atomic E-state index is 0.138. The Balaban J connectivity index is 2.41. The third kappa shape index (κ3) is 3.41. The van der Waals surface area contributed by atoms with Crippen molar-refractivity contribution in [3.05, 3.63) is 29.6 Å². The molecule has 2 unspecified atom stereocenters. The van der Waals surface area contributed by atoms with Gasteiger partial charge in [-0.25, -0.2) is 12.8 Å². The lowest BCUT2D eigenvalue weighted by molar-refractivity contribution is 0.338. The minimum Gasteiger partial charge on any atom is -0.316 e. The molecule has 2 atom stereocenters. The van der Waals surface area contributed by atoms with Crippen molar-refractivity contribution in [2.24, 2.45) is 0 Å².